The maximum Gasteiger partial charge on any atom is 0.259 e. The number of rotatable bonds is 6. The minimum absolute atomic E-state index is 0.118. The number of nitrogens with one attached hydrogen (secondary N) is 1. The van der Waals surface area contributed by atoms with Crippen molar-refractivity contribution < 1.29 is 19.1 Å². The minimum atomic E-state index is -0.244. The van der Waals surface area contributed by atoms with Crippen molar-refractivity contribution in [3.05, 3.63) is 117 Å². The van der Waals surface area contributed by atoms with Crippen LogP contribution >= 0.6 is 11.3 Å². The van der Waals surface area contributed by atoms with Gasteiger partial charge in [-0.2, -0.15) is 0 Å². The number of hydrogen-bond acceptors (Lipinski definition) is 9. The van der Waals surface area contributed by atoms with Crippen LogP contribution in [0.2, 0.25) is 0 Å². The first-order valence-corrected chi connectivity index (χ1v) is 18.4. The Bertz CT molecular complexity index is 2230. The Morgan fingerprint density at radius 2 is 1.62 bits per heavy atom. The molecule has 2 aromatic carbocycles. The van der Waals surface area contributed by atoms with Crippen LogP contribution in [0.1, 0.15) is 71.3 Å². The Balaban J connectivity index is 1.00. The van der Waals surface area contributed by atoms with Crippen LogP contribution in [-0.4, -0.2) is 60.4 Å². The lowest BCUT2D eigenvalue weighted by atomic mass is 9.73. The predicted octanol–water partition coefficient (Wildman–Crippen LogP) is 7.02. The fourth-order valence-electron chi connectivity index (χ4n) is 7.48. The highest BCUT2D eigenvalue weighted by Gasteiger charge is 2.45. The number of thiophene rings is 1. The van der Waals surface area contributed by atoms with Gasteiger partial charge in [-0.3, -0.25) is 19.4 Å². The molecular formula is C41H40N6O4S. The number of pyridine rings is 2. The van der Waals surface area contributed by atoms with E-state index in [1.54, 1.807) is 35.2 Å². The van der Waals surface area contributed by atoms with E-state index in [1.807, 2.05) is 63.2 Å². The molecule has 3 aliphatic heterocycles. The van der Waals surface area contributed by atoms with Gasteiger partial charge in [0.05, 0.1) is 21.0 Å². The van der Waals surface area contributed by atoms with E-state index < -0.39 is 0 Å². The molecule has 1 spiro atoms. The van der Waals surface area contributed by atoms with E-state index in [-0.39, 0.29) is 23.0 Å². The number of ketones is 1. The monoisotopic (exact) mass is 712 g/mol. The number of carbonyl (C=O) groups excluding carboxylic acids is 3. The average Bonchev–Trinajstić information content (AvgIpc) is 3.50. The van der Waals surface area contributed by atoms with Crippen molar-refractivity contribution in [2.24, 2.45) is 5.41 Å². The predicted molar refractivity (Wildman–Crippen MR) is 205 cm³/mol. The van der Waals surface area contributed by atoms with Crippen LogP contribution < -0.4 is 20.9 Å². The van der Waals surface area contributed by atoms with Gasteiger partial charge in [0.2, 0.25) is 5.78 Å². The second-order valence-corrected chi connectivity index (χ2v) is 15.2. The molecule has 0 unspecified atom stereocenters. The smallest absolute Gasteiger partial charge is 0.259 e. The van der Waals surface area contributed by atoms with Crippen LogP contribution in [0.25, 0.3) is 10.6 Å². The lowest BCUT2D eigenvalue weighted by molar-refractivity contribution is -0.000519. The third kappa shape index (κ3) is 6.13. The van der Waals surface area contributed by atoms with Gasteiger partial charge in [0.1, 0.15) is 11.5 Å². The summed E-state index contributed by atoms with van der Waals surface area (Å²) in [6.45, 7) is 9.46. The van der Waals surface area contributed by atoms with Gasteiger partial charge in [-0.15, -0.1) is 11.3 Å². The van der Waals surface area contributed by atoms with Gasteiger partial charge in [-0.05, 0) is 112 Å². The number of aromatic nitrogens is 2. The van der Waals surface area contributed by atoms with Crippen LogP contribution in [0.5, 0.6) is 0 Å². The SMILES string of the molecule is Cc1ccc2c(n1)-c1sc(C(=O)c3cccc(C)c3N)cc1CCN2C(=O)c1ccc(NC(=O)c2ccc(C)nc2N2CC3(CCOCC3)C2)cc1. The van der Waals surface area contributed by atoms with Crippen molar-refractivity contribution in [2.75, 3.05) is 53.7 Å². The summed E-state index contributed by atoms with van der Waals surface area (Å²) in [5.74, 6) is 0.168. The van der Waals surface area contributed by atoms with Gasteiger partial charge in [0.15, 0.2) is 0 Å². The van der Waals surface area contributed by atoms with Crippen molar-refractivity contribution >= 4 is 51.8 Å². The van der Waals surface area contributed by atoms with E-state index in [9.17, 15) is 14.4 Å². The molecule has 3 N–H and O–H groups in total. The molecule has 0 radical (unpaired) electrons. The molecule has 11 heteroatoms. The maximum atomic E-state index is 14.1. The molecule has 0 aliphatic carbocycles. The fourth-order valence-corrected chi connectivity index (χ4v) is 8.64. The molecule has 3 aliphatic rings. The van der Waals surface area contributed by atoms with Crippen molar-refractivity contribution in [2.45, 2.75) is 40.0 Å². The van der Waals surface area contributed by atoms with Crippen molar-refractivity contribution in [1.82, 2.24) is 9.97 Å². The number of nitrogens with zero attached hydrogens (tertiary/aromatic N) is 4. The molecule has 10 nitrogen and oxygen atoms in total. The number of nitrogens with two attached hydrogens (primary N) is 1. The molecule has 0 saturated carbocycles. The van der Waals surface area contributed by atoms with E-state index in [0.717, 1.165) is 66.5 Å². The molecule has 2 saturated heterocycles. The molecule has 0 bridgehead atoms. The number of nitrogen functional groups attached to an aromatic ring is 1. The number of amides is 2. The van der Waals surface area contributed by atoms with Crippen LogP contribution in [0, 0.1) is 26.2 Å². The fraction of sp³-hybridized carbons (Fsp3) is 0.293. The first kappa shape index (κ1) is 33.7. The van der Waals surface area contributed by atoms with Crippen molar-refractivity contribution in [3.63, 3.8) is 0 Å². The number of ether oxygens (including phenoxy) is 1. The van der Waals surface area contributed by atoms with E-state index in [2.05, 4.69) is 10.2 Å². The number of hydrogen-bond donors (Lipinski definition) is 2. The summed E-state index contributed by atoms with van der Waals surface area (Å²) >= 11 is 1.39. The minimum Gasteiger partial charge on any atom is -0.398 e. The standard InChI is InChI=1S/C41H40N6O4S/c1-24-5-4-6-30(34(24)42)36(48)33-21-28-15-18-47(32-14-8-25(2)43-35(32)37(28)52-33)40(50)27-9-11-29(12-10-27)45-39(49)31-13-7-26(3)44-38(31)46-22-41(23-46)16-19-51-20-17-41/h4-14,21H,15-20,22-23,42H2,1-3H3,(H,45,49). The van der Waals surface area contributed by atoms with Crippen LogP contribution in [0.3, 0.4) is 0 Å². The van der Waals surface area contributed by atoms with E-state index in [1.165, 1.54) is 11.3 Å². The molecule has 2 fully saturated rings. The second-order valence-electron chi connectivity index (χ2n) is 14.2. The first-order chi connectivity index (χ1) is 25.1. The Morgan fingerprint density at radius 3 is 2.38 bits per heavy atom. The summed E-state index contributed by atoms with van der Waals surface area (Å²) in [6, 6.07) is 21.9. The molecule has 2 amide bonds. The number of anilines is 4. The van der Waals surface area contributed by atoms with Crippen LogP contribution in [0.15, 0.2) is 72.8 Å². The van der Waals surface area contributed by atoms with Gasteiger partial charge < -0.3 is 25.6 Å². The quantitative estimate of drug-likeness (QED) is 0.142. The van der Waals surface area contributed by atoms with E-state index in [4.69, 9.17) is 20.4 Å². The summed E-state index contributed by atoms with van der Waals surface area (Å²) in [6.07, 6.45) is 2.61. The van der Waals surface area contributed by atoms with Crippen molar-refractivity contribution in [3.8, 4) is 10.6 Å². The molecule has 8 rings (SSSR count). The molecule has 6 heterocycles. The van der Waals surface area contributed by atoms with Crippen LogP contribution in [-0.2, 0) is 11.2 Å². The summed E-state index contributed by atoms with van der Waals surface area (Å²) in [4.78, 5) is 56.3. The lowest BCUT2D eigenvalue weighted by Gasteiger charge is -2.53. The maximum absolute atomic E-state index is 14.1. The van der Waals surface area contributed by atoms with Gasteiger partial charge in [-0.25, -0.2) is 4.98 Å². The third-order valence-electron chi connectivity index (χ3n) is 10.5. The zero-order chi connectivity index (χ0) is 36.1. The summed E-state index contributed by atoms with van der Waals surface area (Å²) in [7, 11) is 0. The second kappa shape index (κ2) is 13.3. The number of carbonyl (C=O) groups is 3. The highest BCUT2D eigenvalue weighted by molar-refractivity contribution is 7.17. The third-order valence-corrected chi connectivity index (χ3v) is 11.7. The molecule has 0 atom stereocenters. The number of benzene rings is 2. The average molecular weight is 713 g/mol. The van der Waals surface area contributed by atoms with E-state index >= 15 is 0 Å². The summed E-state index contributed by atoms with van der Waals surface area (Å²) in [5.41, 5.74) is 14.0. The van der Waals surface area contributed by atoms with Crippen molar-refractivity contribution in [1.29, 1.82) is 0 Å². The molecular weight excluding hydrogens is 673 g/mol. The number of para-hydroxylation sites is 1. The highest BCUT2D eigenvalue weighted by Crippen LogP contribution is 2.43. The Morgan fingerprint density at radius 1 is 0.885 bits per heavy atom. The Labute approximate surface area is 306 Å². The lowest BCUT2D eigenvalue weighted by Crippen LogP contribution is -2.59. The number of aryl methyl sites for hydroxylation is 3. The van der Waals surface area contributed by atoms with Gasteiger partial charge >= 0.3 is 0 Å². The Hall–Kier alpha value is -5.39. The summed E-state index contributed by atoms with van der Waals surface area (Å²) < 4.78 is 5.57. The zero-order valence-corrected chi connectivity index (χ0v) is 30.3. The number of fused-ring (bicyclic) bond motifs is 3. The molecule has 3 aromatic heterocycles. The van der Waals surface area contributed by atoms with Gasteiger partial charge in [-0.1, -0.05) is 12.1 Å². The molecule has 264 valence electrons. The highest BCUT2D eigenvalue weighted by atomic mass is 32.1. The molecule has 52 heavy (non-hydrogen) atoms. The normalized spacial score (nSPS) is 16.1. The zero-order valence-electron chi connectivity index (χ0n) is 29.5. The van der Waals surface area contributed by atoms with Gasteiger partial charge in [0, 0.05) is 72.2 Å². The first-order valence-electron chi connectivity index (χ1n) is 17.6. The van der Waals surface area contributed by atoms with E-state index in [0.29, 0.717) is 63.1 Å². The van der Waals surface area contributed by atoms with Gasteiger partial charge in [0.25, 0.3) is 11.8 Å². The summed E-state index contributed by atoms with van der Waals surface area (Å²) in [5, 5.41) is 3.02. The van der Waals surface area contributed by atoms with Crippen LogP contribution in [0.4, 0.5) is 22.9 Å². The largest absolute Gasteiger partial charge is 0.398 e. The molecule has 5 aromatic rings. The topological polar surface area (TPSA) is 131 Å². The Kier molecular flexibility index (Phi) is 8.63.